The topological polar surface area (TPSA) is 73.6 Å². The van der Waals surface area contributed by atoms with Gasteiger partial charge in [-0.3, -0.25) is 4.79 Å². The number of methoxy groups -OCH3 is 2. The number of hydrogen-bond acceptors (Lipinski definition) is 5. The maximum Gasteiger partial charge on any atom is 0.255 e. The van der Waals surface area contributed by atoms with Crippen molar-refractivity contribution < 1.29 is 18.7 Å². The first kappa shape index (κ1) is 20.1. The lowest BCUT2D eigenvalue weighted by Gasteiger charge is -2.09. The zero-order valence-electron chi connectivity index (χ0n) is 16.0. The van der Waals surface area contributed by atoms with E-state index in [2.05, 4.69) is 10.3 Å². The Morgan fingerprint density at radius 3 is 2.33 bits per heavy atom. The Morgan fingerprint density at radius 2 is 1.67 bits per heavy atom. The lowest BCUT2D eigenvalue weighted by molar-refractivity contribution is 0.102. The number of halogens is 2. The maximum absolute atomic E-state index is 12.7. The Morgan fingerprint density at radius 1 is 0.933 bits per heavy atom. The third-order valence-electron chi connectivity index (χ3n) is 4.43. The highest BCUT2D eigenvalue weighted by Crippen LogP contribution is 2.31. The molecule has 0 atom stereocenters. The predicted molar refractivity (Wildman–Crippen MR) is 117 cm³/mol. The van der Waals surface area contributed by atoms with Gasteiger partial charge in [-0.2, -0.15) is 0 Å². The number of rotatable bonds is 5. The summed E-state index contributed by atoms with van der Waals surface area (Å²) < 4.78 is 16.2. The minimum atomic E-state index is -0.306. The summed E-state index contributed by atoms with van der Waals surface area (Å²) >= 11 is 12.0. The molecule has 0 saturated heterocycles. The number of anilines is 1. The molecule has 1 N–H and O–H groups in total. The van der Waals surface area contributed by atoms with Crippen LogP contribution >= 0.6 is 23.2 Å². The van der Waals surface area contributed by atoms with E-state index in [1.807, 2.05) is 0 Å². The van der Waals surface area contributed by atoms with Gasteiger partial charge in [0.1, 0.15) is 17.0 Å². The van der Waals surface area contributed by atoms with Crippen LogP contribution in [-0.4, -0.2) is 25.1 Å². The molecule has 0 aliphatic heterocycles. The zero-order valence-corrected chi connectivity index (χ0v) is 17.5. The Bertz CT molecular complexity index is 1230. The highest BCUT2D eigenvalue weighted by molar-refractivity contribution is 6.42. The largest absolute Gasteiger partial charge is 0.497 e. The fourth-order valence-corrected chi connectivity index (χ4v) is 3.20. The Balaban J connectivity index is 1.61. The number of amides is 1. The minimum Gasteiger partial charge on any atom is -0.497 e. The van der Waals surface area contributed by atoms with E-state index in [1.54, 1.807) is 54.6 Å². The number of nitrogens with one attached hydrogen (secondary N) is 1. The maximum atomic E-state index is 12.7. The summed E-state index contributed by atoms with van der Waals surface area (Å²) in [6, 6.07) is 15.3. The monoisotopic (exact) mass is 442 g/mol. The van der Waals surface area contributed by atoms with E-state index in [0.29, 0.717) is 55.3 Å². The van der Waals surface area contributed by atoms with Crippen molar-refractivity contribution in [2.75, 3.05) is 19.5 Å². The van der Waals surface area contributed by atoms with Gasteiger partial charge in [0.15, 0.2) is 5.58 Å². The number of benzene rings is 3. The molecular formula is C22H16Cl2N2O4. The normalized spacial score (nSPS) is 10.8. The second-order valence-corrected chi connectivity index (χ2v) is 7.20. The van der Waals surface area contributed by atoms with Crippen molar-refractivity contribution in [3.8, 4) is 23.0 Å². The standard InChI is InChI=1S/C22H16Cl2N2O4/c1-28-15-7-13(8-16(11-15)29-2)21(27)25-14-4-6-20-19(10-14)26-22(30-20)12-3-5-17(23)18(24)9-12/h3-11H,1-2H3,(H,25,27). The summed E-state index contributed by atoms with van der Waals surface area (Å²) in [5.41, 5.74) is 2.86. The molecule has 0 saturated carbocycles. The van der Waals surface area contributed by atoms with E-state index in [0.717, 1.165) is 0 Å². The number of aromatic nitrogens is 1. The quantitative estimate of drug-likeness (QED) is 0.405. The van der Waals surface area contributed by atoms with Crippen LogP contribution < -0.4 is 14.8 Å². The molecule has 0 bridgehead atoms. The molecule has 1 heterocycles. The van der Waals surface area contributed by atoms with E-state index in [9.17, 15) is 4.79 Å². The van der Waals surface area contributed by atoms with Crippen LogP contribution in [-0.2, 0) is 0 Å². The third-order valence-corrected chi connectivity index (χ3v) is 5.16. The summed E-state index contributed by atoms with van der Waals surface area (Å²) in [6.45, 7) is 0. The van der Waals surface area contributed by atoms with Gasteiger partial charge in [0, 0.05) is 22.9 Å². The fourth-order valence-electron chi connectivity index (χ4n) is 2.90. The van der Waals surface area contributed by atoms with Gasteiger partial charge in [-0.05, 0) is 48.5 Å². The molecule has 0 fully saturated rings. The van der Waals surface area contributed by atoms with Crippen LogP contribution in [0.2, 0.25) is 10.0 Å². The smallest absolute Gasteiger partial charge is 0.255 e. The molecule has 152 valence electrons. The van der Waals surface area contributed by atoms with E-state index in [1.165, 1.54) is 14.2 Å². The van der Waals surface area contributed by atoms with E-state index >= 15 is 0 Å². The number of fused-ring (bicyclic) bond motifs is 1. The van der Waals surface area contributed by atoms with Gasteiger partial charge in [-0.15, -0.1) is 0 Å². The van der Waals surface area contributed by atoms with E-state index in [4.69, 9.17) is 37.1 Å². The highest BCUT2D eigenvalue weighted by Gasteiger charge is 2.13. The van der Waals surface area contributed by atoms with Gasteiger partial charge in [0.05, 0.1) is 24.3 Å². The second kappa shape index (κ2) is 8.26. The number of nitrogens with zero attached hydrogens (tertiary/aromatic N) is 1. The first-order valence-electron chi connectivity index (χ1n) is 8.87. The summed E-state index contributed by atoms with van der Waals surface area (Å²) in [5.74, 6) is 1.15. The van der Waals surface area contributed by atoms with Crippen LogP contribution in [0.15, 0.2) is 59.0 Å². The first-order valence-corrected chi connectivity index (χ1v) is 9.63. The number of carbonyl (C=O) groups excluding carboxylic acids is 1. The van der Waals surface area contributed by atoms with Crippen molar-refractivity contribution in [2.45, 2.75) is 0 Å². The lowest BCUT2D eigenvalue weighted by Crippen LogP contribution is -2.12. The Hall–Kier alpha value is -3.22. The van der Waals surface area contributed by atoms with Crippen LogP contribution in [0.4, 0.5) is 5.69 Å². The van der Waals surface area contributed by atoms with Gasteiger partial charge in [0.2, 0.25) is 5.89 Å². The van der Waals surface area contributed by atoms with E-state index < -0.39 is 0 Å². The van der Waals surface area contributed by atoms with Crippen LogP contribution in [0.5, 0.6) is 11.5 Å². The second-order valence-electron chi connectivity index (χ2n) is 6.39. The minimum absolute atomic E-state index is 0.306. The molecule has 0 spiro atoms. The van der Waals surface area contributed by atoms with Crippen molar-refractivity contribution in [1.82, 2.24) is 4.98 Å². The number of carbonyl (C=O) groups is 1. The van der Waals surface area contributed by atoms with Gasteiger partial charge in [-0.1, -0.05) is 23.2 Å². The number of ether oxygens (including phenoxy) is 2. The third kappa shape index (κ3) is 4.06. The molecule has 0 unspecified atom stereocenters. The van der Waals surface area contributed by atoms with Gasteiger partial charge in [-0.25, -0.2) is 4.98 Å². The lowest BCUT2D eigenvalue weighted by atomic mass is 10.1. The average Bonchev–Trinajstić information content (AvgIpc) is 3.18. The van der Waals surface area contributed by atoms with Crippen LogP contribution in [0.3, 0.4) is 0 Å². The molecule has 0 aliphatic carbocycles. The van der Waals surface area contributed by atoms with Gasteiger partial charge < -0.3 is 19.2 Å². The van der Waals surface area contributed by atoms with Crippen molar-refractivity contribution >= 4 is 45.9 Å². The number of oxazole rings is 1. The molecule has 4 rings (SSSR count). The van der Waals surface area contributed by atoms with Gasteiger partial charge in [0.25, 0.3) is 5.91 Å². The van der Waals surface area contributed by atoms with Gasteiger partial charge >= 0.3 is 0 Å². The van der Waals surface area contributed by atoms with E-state index in [-0.39, 0.29) is 5.91 Å². The molecule has 4 aromatic rings. The Kier molecular flexibility index (Phi) is 5.53. The molecule has 3 aromatic carbocycles. The molecule has 0 aliphatic rings. The molecule has 0 radical (unpaired) electrons. The summed E-state index contributed by atoms with van der Waals surface area (Å²) in [4.78, 5) is 17.2. The van der Waals surface area contributed by atoms with Crippen molar-refractivity contribution in [3.63, 3.8) is 0 Å². The molecule has 6 nitrogen and oxygen atoms in total. The van der Waals surface area contributed by atoms with Crippen molar-refractivity contribution in [1.29, 1.82) is 0 Å². The fraction of sp³-hybridized carbons (Fsp3) is 0.0909. The molecule has 30 heavy (non-hydrogen) atoms. The number of hydrogen-bond donors (Lipinski definition) is 1. The predicted octanol–water partition coefficient (Wildman–Crippen LogP) is 6.07. The van der Waals surface area contributed by atoms with Crippen molar-refractivity contribution in [2.24, 2.45) is 0 Å². The molecular weight excluding hydrogens is 427 g/mol. The summed E-state index contributed by atoms with van der Waals surface area (Å²) in [6.07, 6.45) is 0. The molecule has 8 heteroatoms. The first-order chi connectivity index (χ1) is 14.5. The summed E-state index contributed by atoms with van der Waals surface area (Å²) in [7, 11) is 3.06. The van der Waals surface area contributed by atoms with Crippen LogP contribution in [0.25, 0.3) is 22.6 Å². The summed E-state index contributed by atoms with van der Waals surface area (Å²) in [5, 5.41) is 3.72. The zero-order chi connectivity index (χ0) is 21.3. The van der Waals surface area contributed by atoms with Crippen LogP contribution in [0.1, 0.15) is 10.4 Å². The van der Waals surface area contributed by atoms with Crippen molar-refractivity contribution in [3.05, 3.63) is 70.2 Å². The molecule has 1 aromatic heterocycles. The Labute approximate surface area is 182 Å². The highest BCUT2D eigenvalue weighted by atomic mass is 35.5. The SMILES string of the molecule is COc1cc(OC)cc(C(=O)Nc2ccc3oc(-c4ccc(Cl)c(Cl)c4)nc3c2)c1. The van der Waals surface area contributed by atoms with Crippen LogP contribution in [0, 0.1) is 0 Å². The molecule has 1 amide bonds. The average molecular weight is 443 g/mol.